The smallest absolute Gasteiger partial charge is 0.423 e. The minimum atomic E-state index is -4.69. The fourth-order valence-corrected chi connectivity index (χ4v) is 1.41. The molecular weight excluding hydrogens is 255 g/mol. The van der Waals surface area contributed by atoms with Crippen molar-refractivity contribution in [3.05, 3.63) is 27.7 Å². The van der Waals surface area contributed by atoms with E-state index in [9.17, 15) is 13.2 Å². The summed E-state index contributed by atoms with van der Waals surface area (Å²) >= 11 is 10.8. The molecule has 1 aromatic carbocycles. The highest BCUT2D eigenvalue weighted by Gasteiger charge is 2.35. The SMILES string of the molecule is OB(O)c1cc(Cl)c(Cl)c(C(F)(F)F)c1. The first-order chi connectivity index (χ1) is 6.73. The van der Waals surface area contributed by atoms with Gasteiger partial charge in [0.05, 0.1) is 15.6 Å². The van der Waals surface area contributed by atoms with Crippen LogP contribution in [0.3, 0.4) is 0 Å². The van der Waals surface area contributed by atoms with Crippen molar-refractivity contribution in [3.8, 4) is 0 Å². The Kier molecular flexibility index (Phi) is 3.55. The summed E-state index contributed by atoms with van der Waals surface area (Å²) in [4.78, 5) is 0. The molecule has 0 atom stereocenters. The van der Waals surface area contributed by atoms with Crippen LogP contribution in [0.5, 0.6) is 0 Å². The van der Waals surface area contributed by atoms with Gasteiger partial charge in [-0.3, -0.25) is 0 Å². The molecule has 0 heterocycles. The Labute approximate surface area is 93.4 Å². The average Bonchev–Trinajstić information content (AvgIpc) is 2.06. The standard InChI is InChI=1S/C7H4BCl2F3O2/c9-5-2-3(8(14)15)1-4(6(5)10)7(11,12)13/h1-2,14-15H. The third-order valence-corrected chi connectivity index (χ3v) is 2.46. The van der Waals surface area contributed by atoms with Crippen LogP contribution in [0.1, 0.15) is 5.56 Å². The molecule has 1 rings (SSSR count). The molecule has 0 radical (unpaired) electrons. The summed E-state index contributed by atoms with van der Waals surface area (Å²) in [6.07, 6.45) is -4.69. The van der Waals surface area contributed by atoms with Gasteiger partial charge in [-0.25, -0.2) is 0 Å². The van der Waals surface area contributed by atoms with Gasteiger partial charge in [-0.15, -0.1) is 0 Å². The van der Waals surface area contributed by atoms with Crippen LogP contribution in [-0.4, -0.2) is 17.2 Å². The fourth-order valence-electron chi connectivity index (χ4n) is 0.965. The van der Waals surface area contributed by atoms with E-state index in [1.807, 2.05) is 0 Å². The summed E-state index contributed by atoms with van der Waals surface area (Å²) in [5.74, 6) is 0. The van der Waals surface area contributed by atoms with Crippen molar-refractivity contribution in [2.45, 2.75) is 6.18 Å². The molecule has 0 saturated carbocycles. The molecule has 0 aliphatic heterocycles. The molecule has 8 heteroatoms. The largest absolute Gasteiger partial charge is 0.488 e. The highest BCUT2D eigenvalue weighted by molar-refractivity contribution is 6.59. The predicted octanol–water partition coefficient (Wildman–Crippen LogP) is 1.69. The Morgan fingerprint density at radius 2 is 1.67 bits per heavy atom. The van der Waals surface area contributed by atoms with Gasteiger partial charge in [0.2, 0.25) is 0 Å². The lowest BCUT2D eigenvalue weighted by atomic mass is 9.79. The van der Waals surface area contributed by atoms with Gasteiger partial charge in [-0.2, -0.15) is 13.2 Å². The van der Waals surface area contributed by atoms with Gasteiger partial charge in [0.1, 0.15) is 0 Å². The number of hydrogen-bond donors (Lipinski definition) is 2. The van der Waals surface area contributed by atoms with Gasteiger partial charge < -0.3 is 10.0 Å². The first-order valence-electron chi connectivity index (χ1n) is 3.65. The molecule has 0 fully saturated rings. The van der Waals surface area contributed by atoms with Crippen LogP contribution in [0.25, 0.3) is 0 Å². The van der Waals surface area contributed by atoms with E-state index in [4.69, 9.17) is 33.2 Å². The van der Waals surface area contributed by atoms with E-state index in [2.05, 4.69) is 0 Å². The zero-order valence-electron chi connectivity index (χ0n) is 7.02. The van der Waals surface area contributed by atoms with Crippen LogP contribution in [0.15, 0.2) is 12.1 Å². The van der Waals surface area contributed by atoms with Crippen molar-refractivity contribution in [2.75, 3.05) is 0 Å². The molecule has 0 aliphatic rings. The van der Waals surface area contributed by atoms with E-state index in [1.165, 1.54) is 0 Å². The third-order valence-electron chi connectivity index (χ3n) is 1.65. The maximum Gasteiger partial charge on any atom is 0.488 e. The topological polar surface area (TPSA) is 40.5 Å². The van der Waals surface area contributed by atoms with Crippen molar-refractivity contribution < 1.29 is 23.2 Å². The zero-order valence-corrected chi connectivity index (χ0v) is 8.53. The lowest BCUT2D eigenvalue weighted by Gasteiger charge is -2.12. The summed E-state index contributed by atoms with van der Waals surface area (Å²) in [6.45, 7) is 0. The van der Waals surface area contributed by atoms with Crippen LogP contribution in [0.2, 0.25) is 10.0 Å². The number of benzene rings is 1. The summed E-state index contributed by atoms with van der Waals surface area (Å²) in [6, 6.07) is 1.50. The van der Waals surface area contributed by atoms with Crippen LogP contribution >= 0.6 is 23.2 Å². The van der Waals surface area contributed by atoms with Crippen LogP contribution in [0.4, 0.5) is 13.2 Å². The van der Waals surface area contributed by atoms with E-state index >= 15 is 0 Å². The highest BCUT2D eigenvalue weighted by atomic mass is 35.5. The number of halogens is 5. The maximum atomic E-state index is 12.4. The molecule has 2 nitrogen and oxygen atoms in total. The molecule has 0 unspecified atom stereocenters. The average molecular weight is 259 g/mol. The monoisotopic (exact) mass is 258 g/mol. The molecule has 0 spiro atoms. The molecule has 1 aromatic rings. The Morgan fingerprint density at radius 1 is 1.13 bits per heavy atom. The number of alkyl halides is 3. The van der Waals surface area contributed by atoms with E-state index < -0.39 is 23.9 Å². The molecule has 0 aliphatic carbocycles. The Morgan fingerprint density at radius 3 is 2.07 bits per heavy atom. The molecule has 0 amide bonds. The summed E-state index contributed by atoms with van der Waals surface area (Å²) in [5, 5.41) is 16.4. The van der Waals surface area contributed by atoms with E-state index in [0.29, 0.717) is 6.07 Å². The predicted molar refractivity (Wildman–Crippen MR) is 51.3 cm³/mol. The molecule has 82 valence electrons. The van der Waals surface area contributed by atoms with E-state index in [1.54, 1.807) is 0 Å². The van der Waals surface area contributed by atoms with E-state index in [-0.39, 0.29) is 10.5 Å². The second kappa shape index (κ2) is 4.21. The normalized spacial score (nSPS) is 11.7. The minimum absolute atomic E-state index is 0.364. The minimum Gasteiger partial charge on any atom is -0.423 e. The first-order valence-corrected chi connectivity index (χ1v) is 4.41. The molecule has 0 aromatic heterocycles. The highest BCUT2D eigenvalue weighted by Crippen LogP contribution is 2.37. The van der Waals surface area contributed by atoms with Gasteiger partial charge in [-0.1, -0.05) is 23.2 Å². The first kappa shape index (κ1) is 12.6. The van der Waals surface area contributed by atoms with Crippen LogP contribution < -0.4 is 5.46 Å². The Bertz CT molecular complexity index is 381. The quantitative estimate of drug-likeness (QED) is 0.753. The number of hydrogen-bond acceptors (Lipinski definition) is 2. The van der Waals surface area contributed by atoms with Crippen LogP contribution in [0, 0.1) is 0 Å². The lowest BCUT2D eigenvalue weighted by molar-refractivity contribution is -0.137. The van der Waals surface area contributed by atoms with Crippen molar-refractivity contribution in [1.82, 2.24) is 0 Å². The van der Waals surface area contributed by atoms with Crippen molar-refractivity contribution in [3.63, 3.8) is 0 Å². The van der Waals surface area contributed by atoms with Crippen molar-refractivity contribution in [2.24, 2.45) is 0 Å². The van der Waals surface area contributed by atoms with Crippen molar-refractivity contribution >= 4 is 35.8 Å². The summed E-state index contributed by atoms with van der Waals surface area (Å²) < 4.78 is 37.1. The Balaban J connectivity index is 3.38. The van der Waals surface area contributed by atoms with Crippen LogP contribution in [-0.2, 0) is 6.18 Å². The molecular formula is C7H4BCl2F3O2. The third kappa shape index (κ3) is 2.78. The zero-order chi connectivity index (χ0) is 11.8. The maximum absolute atomic E-state index is 12.4. The molecule has 2 N–H and O–H groups in total. The van der Waals surface area contributed by atoms with Gasteiger partial charge in [0.25, 0.3) is 0 Å². The van der Waals surface area contributed by atoms with E-state index in [0.717, 1.165) is 6.07 Å². The van der Waals surface area contributed by atoms with Gasteiger partial charge >= 0.3 is 13.3 Å². The Hall–Kier alpha value is -0.425. The summed E-state index contributed by atoms with van der Waals surface area (Å²) in [5.41, 5.74) is -1.56. The molecule has 0 bridgehead atoms. The summed E-state index contributed by atoms with van der Waals surface area (Å²) in [7, 11) is -2.03. The lowest BCUT2D eigenvalue weighted by Crippen LogP contribution is -2.31. The van der Waals surface area contributed by atoms with Gasteiger partial charge in [0.15, 0.2) is 0 Å². The second-order valence-electron chi connectivity index (χ2n) is 2.74. The molecule has 15 heavy (non-hydrogen) atoms. The van der Waals surface area contributed by atoms with Gasteiger partial charge in [0, 0.05) is 0 Å². The van der Waals surface area contributed by atoms with Crippen molar-refractivity contribution in [1.29, 1.82) is 0 Å². The van der Waals surface area contributed by atoms with Gasteiger partial charge in [-0.05, 0) is 17.6 Å². The second-order valence-corrected chi connectivity index (χ2v) is 3.52. The fraction of sp³-hybridized carbons (Fsp3) is 0.143. The molecule has 0 saturated heterocycles. The number of rotatable bonds is 1.